The van der Waals surface area contributed by atoms with Crippen molar-refractivity contribution in [1.29, 1.82) is 0 Å². The molecule has 0 spiro atoms. The van der Waals surface area contributed by atoms with Crippen molar-refractivity contribution in [2.45, 2.75) is 64.1 Å². The third-order valence-electron chi connectivity index (χ3n) is 4.72. The number of amides is 2. The van der Waals surface area contributed by atoms with Crippen LogP contribution < -0.4 is 5.32 Å². The Balaban J connectivity index is 1.80. The molecule has 25 heavy (non-hydrogen) atoms. The molecule has 1 aliphatic carbocycles. The fraction of sp³-hybridized carbons (Fsp3) is 0.611. The molecule has 1 atom stereocenters. The van der Waals surface area contributed by atoms with Crippen LogP contribution in [0, 0.1) is 5.92 Å². The van der Waals surface area contributed by atoms with Gasteiger partial charge in [0.2, 0.25) is 5.91 Å². The van der Waals surface area contributed by atoms with Crippen LogP contribution in [0.2, 0.25) is 0 Å². The molecule has 0 unspecified atom stereocenters. The molecule has 0 radical (unpaired) electrons. The summed E-state index contributed by atoms with van der Waals surface area (Å²) in [4.78, 5) is 31.6. The normalized spacial score (nSPS) is 25.6. The van der Waals surface area contributed by atoms with E-state index in [2.05, 4.69) is 26.2 Å². The van der Waals surface area contributed by atoms with Crippen molar-refractivity contribution in [1.82, 2.24) is 9.88 Å². The Morgan fingerprint density at radius 3 is 2.52 bits per heavy atom. The monoisotopic (exact) mass is 409 g/mol. The first kappa shape index (κ1) is 18.2. The zero-order valence-electron chi connectivity index (χ0n) is 14.8. The second-order valence-electron chi connectivity index (χ2n) is 7.74. The van der Waals surface area contributed by atoms with Gasteiger partial charge in [0.05, 0.1) is 0 Å². The zero-order valence-corrected chi connectivity index (χ0v) is 16.4. The van der Waals surface area contributed by atoms with E-state index in [-0.39, 0.29) is 17.9 Å². The van der Waals surface area contributed by atoms with Gasteiger partial charge < -0.3 is 10.1 Å². The van der Waals surface area contributed by atoms with E-state index in [1.54, 1.807) is 17.0 Å². The van der Waals surface area contributed by atoms with Crippen molar-refractivity contribution >= 4 is 33.7 Å². The van der Waals surface area contributed by atoms with Crippen LogP contribution in [-0.2, 0) is 9.53 Å². The third kappa shape index (κ3) is 4.14. The van der Waals surface area contributed by atoms with Gasteiger partial charge in [-0.05, 0) is 80.4 Å². The van der Waals surface area contributed by atoms with Gasteiger partial charge in [0.15, 0.2) is 0 Å². The molecule has 2 bridgehead atoms. The summed E-state index contributed by atoms with van der Waals surface area (Å²) in [7, 11) is 0. The molecular weight excluding hydrogens is 386 g/mol. The Morgan fingerprint density at radius 2 is 1.92 bits per heavy atom. The molecule has 0 aromatic carbocycles. The molecule has 2 aliphatic heterocycles. The van der Waals surface area contributed by atoms with Crippen LogP contribution in [0.15, 0.2) is 22.8 Å². The highest BCUT2D eigenvalue weighted by molar-refractivity contribution is 9.10. The lowest BCUT2D eigenvalue weighted by molar-refractivity contribution is -0.129. The number of nitrogens with zero attached hydrogens (tertiary/aromatic N) is 2. The number of fused-ring (bicyclic) bond motifs is 3. The molecule has 1 N–H and O–H groups in total. The number of nitrogens with one attached hydrogen (secondary N) is 1. The number of anilines is 1. The maximum absolute atomic E-state index is 12.9. The summed E-state index contributed by atoms with van der Waals surface area (Å²) in [6, 6.07) is 4.92. The highest BCUT2D eigenvalue weighted by Gasteiger charge is 2.48. The van der Waals surface area contributed by atoms with Gasteiger partial charge >= 0.3 is 6.09 Å². The maximum atomic E-state index is 12.9. The lowest BCUT2D eigenvalue weighted by atomic mass is 9.74. The summed E-state index contributed by atoms with van der Waals surface area (Å²) >= 11 is 3.30. The Bertz CT molecular complexity index is 666. The van der Waals surface area contributed by atoms with E-state index in [1.165, 1.54) is 0 Å². The number of halogens is 1. The predicted molar refractivity (Wildman–Crippen MR) is 98.2 cm³/mol. The minimum Gasteiger partial charge on any atom is -0.444 e. The van der Waals surface area contributed by atoms with Gasteiger partial charge in [-0.3, -0.25) is 9.69 Å². The Kier molecular flexibility index (Phi) is 5.04. The molecule has 1 aromatic rings. The molecule has 2 saturated heterocycles. The van der Waals surface area contributed by atoms with E-state index in [0.29, 0.717) is 10.4 Å². The summed E-state index contributed by atoms with van der Waals surface area (Å²) in [6.45, 7) is 5.52. The highest BCUT2D eigenvalue weighted by Crippen LogP contribution is 2.40. The zero-order chi connectivity index (χ0) is 18.2. The van der Waals surface area contributed by atoms with Gasteiger partial charge in [-0.15, -0.1) is 0 Å². The molecule has 136 valence electrons. The number of rotatable bonds is 2. The van der Waals surface area contributed by atoms with E-state index >= 15 is 0 Å². The molecular formula is C18H24BrN3O3. The average molecular weight is 410 g/mol. The van der Waals surface area contributed by atoms with Crippen molar-refractivity contribution in [3.63, 3.8) is 0 Å². The first-order chi connectivity index (χ1) is 11.7. The largest absolute Gasteiger partial charge is 0.444 e. The van der Waals surface area contributed by atoms with Crippen molar-refractivity contribution < 1.29 is 14.3 Å². The SMILES string of the molecule is CC(C)(C)OC(=O)N1C2CCC(CC2)[C@H]1C(=O)Nc1cccc(Br)n1. The lowest BCUT2D eigenvalue weighted by Gasteiger charge is -2.50. The summed E-state index contributed by atoms with van der Waals surface area (Å²) in [5.74, 6) is 0.459. The van der Waals surface area contributed by atoms with E-state index in [1.807, 2.05) is 26.8 Å². The summed E-state index contributed by atoms with van der Waals surface area (Å²) in [5.41, 5.74) is -0.583. The second-order valence-corrected chi connectivity index (χ2v) is 8.55. The topological polar surface area (TPSA) is 71.5 Å². The first-order valence-corrected chi connectivity index (χ1v) is 9.48. The van der Waals surface area contributed by atoms with Gasteiger partial charge in [-0.25, -0.2) is 9.78 Å². The summed E-state index contributed by atoms with van der Waals surface area (Å²) in [5, 5.41) is 2.86. The van der Waals surface area contributed by atoms with Crippen LogP contribution in [0.3, 0.4) is 0 Å². The maximum Gasteiger partial charge on any atom is 0.411 e. The summed E-state index contributed by atoms with van der Waals surface area (Å²) < 4.78 is 6.22. The number of piperidine rings is 2. The molecule has 3 heterocycles. The second kappa shape index (κ2) is 6.94. The standard InChI is InChI=1S/C18H24BrN3O3/c1-18(2,3)25-17(24)22-12-9-7-11(8-10-12)15(22)16(23)21-14-6-4-5-13(19)20-14/h4-6,11-12,15H,7-10H2,1-3H3,(H,20,21,23)/t11?,12?,15-/m0/s1. The lowest BCUT2D eigenvalue weighted by Crippen LogP contribution is -2.62. The van der Waals surface area contributed by atoms with Crippen molar-refractivity contribution in [2.24, 2.45) is 5.92 Å². The third-order valence-corrected chi connectivity index (χ3v) is 5.16. The first-order valence-electron chi connectivity index (χ1n) is 8.69. The van der Waals surface area contributed by atoms with Gasteiger partial charge in [0, 0.05) is 6.04 Å². The minimum absolute atomic E-state index is 0.0751. The van der Waals surface area contributed by atoms with Gasteiger partial charge in [-0.2, -0.15) is 0 Å². The molecule has 4 rings (SSSR count). The molecule has 1 saturated carbocycles. The van der Waals surface area contributed by atoms with E-state index in [0.717, 1.165) is 25.7 Å². The number of carbonyl (C=O) groups excluding carboxylic acids is 2. The molecule has 2 amide bonds. The van der Waals surface area contributed by atoms with Gasteiger partial charge in [0.25, 0.3) is 0 Å². The van der Waals surface area contributed by atoms with Crippen LogP contribution in [-0.4, -0.2) is 39.6 Å². The summed E-state index contributed by atoms with van der Waals surface area (Å²) in [6.07, 6.45) is 3.40. The van der Waals surface area contributed by atoms with Crippen LogP contribution in [0.1, 0.15) is 46.5 Å². The van der Waals surface area contributed by atoms with E-state index in [4.69, 9.17) is 4.74 Å². The van der Waals surface area contributed by atoms with Crippen LogP contribution in [0.5, 0.6) is 0 Å². The fourth-order valence-electron chi connectivity index (χ4n) is 3.75. The number of ether oxygens (including phenoxy) is 1. The number of hydrogen-bond acceptors (Lipinski definition) is 4. The van der Waals surface area contributed by atoms with Crippen LogP contribution in [0.25, 0.3) is 0 Å². The molecule has 6 nitrogen and oxygen atoms in total. The number of carbonyl (C=O) groups is 2. The van der Waals surface area contributed by atoms with E-state index < -0.39 is 17.7 Å². The molecule has 7 heteroatoms. The van der Waals surface area contributed by atoms with Crippen molar-refractivity contribution in [3.05, 3.63) is 22.8 Å². The Labute approximate surface area is 156 Å². The average Bonchev–Trinajstić information content (AvgIpc) is 2.53. The quantitative estimate of drug-likeness (QED) is 0.750. The fourth-order valence-corrected chi connectivity index (χ4v) is 4.09. The van der Waals surface area contributed by atoms with Crippen molar-refractivity contribution in [3.8, 4) is 0 Å². The Morgan fingerprint density at radius 1 is 1.24 bits per heavy atom. The molecule has 3 fully saturated rings. The van der Waals surface area contributed by atoms with Crippen LogP contribution >= 0.6 is 15.9 Å². The predicted octanol–water partition coefficient (Wildman–Crippen LogP) is 3.96. The smallest absolute Gasteiger partial charge is 0.411 e. The number of aromatic nitrogens is 1. The van der Waals surface area contributed by atoms with E-state index in [9.17, 15) is 9.59 Å². The highest BCUT2D eigenvalue weighted by atomic mass is 79.9. The van der Waals surface area contributed by atoms with Gasteiger partial charge in [0.1, 0.15) is 22.1 Å². The molecule has 1 aromatic heterocycles. The molecule has 3 aliphatic rings. The number of hydrogen-bond donors (Lipinski definition) is 1. The van der Waals surface area contributed by atoms with Crippen LogP contribution in [0.4, 0.5) is 10.6 Å². The number of pyridine rings is 1. The van der Waals surface area contributed by atoms with Crippen molar-refractivity contribution in [2.75, 3.05) is 5.32 Å². The Hall–Kier alpha value is -1.63. The van der Waals surface area contributed by atoms with Gasteiger partial charge in [-0.1, -0.05) is 6.07 Å². The minimum atomic E-state index is -0.583.